The Hall–Kier alpha value is -1.59. The molecule has 1 fully saturated rings. The number of piperidine rings is 1. The van der Waals surface area contributed by atoms with Crippen LogP contribution in [0.4, 0.5) is 5.69 Å². The molecule has 1 heterocycles. The Kier molecular flexibility index (Phi) is 6.42. The Morgan fingerprint density at radius 1 is 1.43 bits per heavy atom. The summed E-state index contributed by atoms with van der Waals surface area (Å²) in [6.45, 7) is 5.78. The number of nitrogens with zero attached hydrogens (tertiary/aromatic N) is 1. The lowest BCUT2D eigenvalue weighted by Crippen LogP contribution is -2.43. The standard InChI is InChI=1S/C17H23ClN2O3/c1-3-23-17(22)13-5-4-8-20(10-13)11-16(21)19-15-7-6-14(18)9-12(15)2/h6-7,9,13H,3-5,8,10-11H2,1-2H3,(H,19,21)/t13-/m0/s1. The summed E-state index contributed by atoms with van der Waals surface area (Å²) in [6, 6.07) is 5.36. The highest BCUT2D eigenvalue weighted by molar-refractivity contribution is 6.30. The van der Waals surface area contributed by atoms with Crippen molar-refractivity contribution in [2.75, 3.05) is 31.6 Å². The zero-order valence-corrected chi connectivity index (χ0v) is 14.4. The molecule has 0 saturated carbocycles. The quantitative estimate of drug-likeness (QED) is 0.839. The molecule has 23 heavy (non-hydrogen) atoms. The average Bonchev–Trinajstić information content (AvgIpc) is 2.50. The van der Waals surface area contributed by atoms with Crippen LogP contribution in [0.25, 0.3) is 0 Å². The molecule has 1 N–H and O–H groups in total. The SMILES string of the molecule is CCOC(=O)[C@H]1CCCN(CC(=O)Nc2ccc(Cl)cc2C)C1. The van der Waals surface area contributed by atoms with Crippen molar-refractivity contribution in [3.63, 3.8) is 0 Å². The summed E-state index contributed by atoms with van der Waals surface area (Å²) in [4.78, 5) is 26.1. The number of hydrogen-bond donors (Lipinski definition) is 1. The fourth-order valence-electron chi connectivity index (χ4n) is 2.81. The second kappa shape index (κ2) is 8.31. The van der Waals surface area contributed by atoms with E-state index in [2.05, 4.69) is 5.32 Å². The van der Waals surface area contributed by atoms with Crippen molar-refractivity contribution < 1.29 is 14.3 Å². The first-order valence-corrected chi connectivity index (χ1v) is 8.32. The number of carbonyl (C=O) groups excluding carboxylic acids is 2. The van der Waals surface area contributed by atoms with Gasteiger partial charge in [0.1, 0.15) is 0 Å². The van der Waals surface area contributed by atoms with Crippen LogP contribution in [-0.2, 0) is 14.3 Å². The highest BCUT2D eigenvalue weighted by Crippen LogP contribution is 2.20. The van der Waals surface area contributed by atoms with Crippen molar-refractivity contribution in [3.05, 3.63) is 28.8 Å². The van der Waals surface area contributed by atoms with Crippen LogP contribution >= 0.6 is 11.6 Å². The van der Waals surface area contributed by atoms with E-state index in [-0.39, 0.29) is 24.3 Å². The first-order valence-electron chi connectivity index (χ1n) is 7.94. The zero-order valence-electron chi connectivity index (χ0n) is 13.6. The van der Waals surface area contributed by atoms with Gasteiger partial charge >= 0.3 is 5.97 Å². The van der Waals surface area contributed by atoms with Crippen LogP contribution in [-0.4, -0.2) is 43.0 Å². The molecule has 0 bridgehead atoms. The van der Waals surface area contributed by atoms with Crippen LogP contribution in [0.1, 0.15) is 25.3 Å². The van der Waals surface area contributed by atoms with Crippen molar-refractivity contribution in [2.24, 2.45) is 5.92 Å². The Morgan fingerprint density at radius 2 is 2.22 bits per heavy atom. The molecule has 0 unspecified atom stereocenters. The highest BCUT2D eigenvalue weighted by atomic mass is 35.5. The molecular weight excluding hydrogens is 316 g/mol. The van der Waals surface area contributed by atoms with Crippen LogP contribution in [0.15, 0.2) is 18.2 Å². The van der Waals surface area contributed by atoms with Crippen LogP contribution in [0, 0.1) is 12.8 Å². The van der Waals surface area contributed by atoms with Gasteiger partial charge in [-0.3, -0.25) is 14.5 Å². The van der Waals surface area contributed by atoms with Gasteiger partial charge in [-0.05, 0) is 57.0 Å². The van der Waals surface area contributed by atoms with Gasteiger partial charge in [0.05, 0.1) is 19.1 Å². The molecule has 0 aliphatic carbocycles. The van der Waals surface area contributed by atoms with Crippen LogP contribution in [0.5, 0.6) is 0 Å². The van der Waals surface area contributed by atoms with Gasteiger partial charge in [0.15, 0.2) is 0 Å². The summed E-state index contributed by atoms with van der Waals surface area (Å²) in [5.74, 6) is -0.375. The van der Waals surface area contributed by atoms with E-state index in [4.69, 9.17) is 16.3 Å². The Labute approximate surface area is 141 Å². The molecule has 126 valence electrons. The maximum atomic E-state index is 12.2. The zero-order chi connectivity index (χ0) is 16.8. The summed E-state index contributed by atoms with van der Waals surface area (Å²) < 4.78 is 5.08. The van der Waals surface area contributed by atoms with E-state index >= 15 is 0 Å². The predicted molar refractivity (Wildman–Crippen MR) is 90.6 cm³/mol. The molecule has 5 nitrogen and oxygen atoms in total. The highest BCUT2D eigenvalue weighted by Gasteiger charge is 2.27. The third-order valence-electron chi connectivity index (χ3n) is 3.96. The van der Waals surface area contributed by atoms with E-state index in [0.29, 0.717) is 18.2 Å². The minimum atomic E-state index is -0.161. The number of halogens is 1. The summed E-state index contributed by atoms with van der Waals surface area (Å²) in [6.07, 6.45) is 1.73. The van der Waals surface area contributed by atoms with Gasteiger partial charge in [-0.15, -0.1) is 0 Å². The summed E-state index contributed by atoms with van der Waals surface area (Å²) in [5.41, 5.74) is 1.69. The number of nitrogens with one attached hydrogen (secondary N) is 1. The molecule has 1 aromatic rings. The van der Waals surface area contributed by atoms with Crippen molar-refractivity contribution in [1.29, 1.82) is 0 Å². The van der Waals surface area contributed by atoms with Crippen LogP contribution in [0.3, 0.4) is 0 Å². The predicted octanol–water partition coefficient (Wildman–Crippen LogP) is 2.86. The number of aryl methyl sites for hydroxylation is 1. The summed E-state index contributed by atoms with van der Waals surface area (Å²) >= 11 is 5.92. The molecule has 1 aromatic carbocycles. The van der Waals surface area contributed by atoms with Crippen LogP contribution < -0.4 is 5.32 Å². The van der Waals surface area contributed by atoms with Gasteiger partial charge in [0.25, 0.3) is 0 Å². The minimum Gasteiger partial charge on any atom is -0.466 e. The van der Waals surface area contributed by atoms with E-state index in [1.807, 2.05) is 17.9 Å². The first kappa shape index (κ1) is 17.8. The Morgan fingerprint density at radius 3 is 2.91 bits per heavy atom. The van der Waals surface area contributed by atoms with E-state index < -0.39 is 0 Å². The van der Waals surface area contributed by atoms with E-state index in [1.165, 1.54) is 0 Å². The largest absolute Gasteiger partial charge is 0.466 e. The fraction of sp³-hybridized carbons (Fsp3) is 0.529. The molecule has 0 aromatic heterocycles. The summed E-state index contributed by atoms with van der Waals surface area (Å²) in [7, 11) is 0. The van der Waals surface area contributed by atoms with E-state index in [0.717, 1.165) is 30.6 Å². The van der Waals surface area contributed by atoms with Gasteiger partial charge in [0, 0.05) is 17.3 Å². The third kappa shape index (κ3) is 5.22. The van der Waals surface area contributed by atoms with Gasteiger partial charge in [-0.1, -0.05) is 11.6 Å². The van der Waals surface area contributed by atoms with Gasteiger partial charge < -0.3 is 10.1 Å². The second-order valence-corrected chi connectivity index (χ2v) is 6.27. The fourth-order valence-corrected chi connectivity index (χ4v) is 3.04. The topological polar surface area (TPSA) is 58.6 Å². The molecule has 1 amide bonds. The number of benzene rings is 1. The average molecular weight is 339 g/mol. The normalized spacial score (nSPS) is 18.5. The summed E-state index contributed by atoms with van der Waals surface area (Å²) in [5, 5.41) is 3.55. The molecule has 1 aliphatic heterocycles. The monoisotopic (exact) mass is 338 g/mol. The maximum Gasteiger partial charge on any atom is 0.310 e. The number of amides is 1. The Balaban J connectivity index is 1.88. The van der Waals surface area contributed by atoms with Gasteiger partial charge in [-0.2, -0.15) is 0 Å². The third-order valence-corrected chi connectivity index (χ3v) is 4.19. The molecule has 0 radical (unpaired) electrons. The van der Waals surface area contributed by atoms with Crippen molar-refractivity contribution in [1.82, 2.24) is 4.90 Å². The second-order valence-electron chi connectivity index (χ2n) is 5.83. The molecular formula is C17H23ClN2O3. The molecule has 1 aliphatic rings. The van der Waals surface area contributed by atoms with E-state index in [1.54, 1.807) is 19.1 Å². The number of esters is 1. The lowest BCUT2D eigenvalue weighted by Gasteiger charge is -2.30. The number of anilines is 1. The number of hydrogen-bond acceptors (Lipinski definition) is 4. The van der Waals surface area contributed by atoms with Gasteiger partial charge in [0.2, 0.25) is 5.91 Å². The molecule has 0 spiro atoms. The smallest absolute Gasteiger partial charge is 0.310 e. The molecule has 6 heteroatoms. The molecule has 1 atom stereocenters. The van der Waals surface area contributed by atoms with Gasteiger partial charge in [-0.25, -0.2) is 0 Å². The van der Waals surface area contributed by atoms with Crippen molar-refractivity contribution >= 4 is 29.2 Å². The number of rotatable bonds is 5. The number of likely N-dealkylation sites (tertiary alicyclic amines) is 1. The van der Waals surface area contributed by atoms with Crippen molar-refractivity contribution in [2.45, 2.75) is 26.7 Å². The molecule has 2 rings (SSSR count). The van der Waals surface area contributed by atoms with Crippen molar-refractivity contribution in [3.8, 4) is 0 Å². The minimum absolute atomic E-state index is 0.0834. The number of ether oxygens (including phenoxy) is 1. The lowest BCUT2D eigenvalue weighted by atomic mass is 9.98. The maximum absolute atomic E-state index is 12.2. The number of carbonyl (C=O) groups is 2. The molecule has 1 saturated heterocycles. The Bertz CT molecular complexity index is 577. The van der Waals surface area contributed by atoms with E-state index in [9.17, 15) is 9.59 Å². The van der Waals surface area contributed by atoms with Crippen LogP contribution in [0.2, 0.25) is 5.02 Å². The lowest BCUT2D eigenvalue weighted by molar-refractivity contribution is -0.150. The first-order chi connectivity index (χ1) is 11.0.